The first kappa shape index (κ1) is 11.9. The lowest BCUT2D eigenvalue weighted by Crippen LogP contribution is -2.46. The monoisotopic (exact) mass is 203 g/mol. The Labute approximate surface area is 85.8 Å². The van der Waals surface area contributed by atoms with Crippen LogP contribution in [0.3, 0.4) is 0 Å². The summed E-state index contributed by atoms with van der Waals surface area (Å²) in [5.41, 5.74) is 0. The zero-order chi connectivity index (χ0) is 10.4. The van der Waals surface area contributed by atoms with E-state index in [2.05, 4.69) is 11.8 Å². The van der Waals surface area contributed by atoms with Crippen molar-refractivity contribution in [2.24, 2.45) is 0 Å². The number of nitrogens with zero attached hydrogens (tertiary/aromatic N) is 1. The third-order valence-electron chi connectivity index (χ3n) is 2.51. The minimum Gasteiger partial charge on any atom is -0.389 e. The largest absolute Gasteiger partial charge is 0.389 e. The van der Waals surface area contributed by atoms with Gasteiger partial charge in [-0.15, -0.1) is 0 Å². The van der Waals surface area contributed by atoms with Crippen LogP contribution in [0, 0.1) is 0 Å². The predicted octanol–water partition coefficient (Wildman–Crippen LogP) is 0.104. The second-order valence-corrected chi connectivity index (χ2v) is 3.77. The van der Waals surface area contributed by atoms with Gasteiger partial charge in [0.15, 0.2) is 0 Å². The van der Waals surface area contributed by atoms with Gasteiger partial charge in [-0.3, -0.25) is 4.90 Å². The summed E-state index contributed by atoms with van der Waals surface area (Å²) < 4.78 is 10.4. The zero-order valence-corrected chi connectivity index (χ0v) is 9.11. The summed E-state index contributed by atoms with van der Waals surface area (Å²) >= 11 is 0. The average Bonchev–Trinajstić information content (AvgIpc) is 2.18. The molecular formula is C10H21NO3. The highest BCUT2D eigenvalue weighted by atomic mass is 16.5. The fourth-order valence-electron chi connectivity index (χ4n) is 1.74. The maximum Gasteiger partial charge on any atom is 0.0900 e. The number of ether oxygens (including phenoxy) is 2. The molecule has 4 heteroatoms. The van der Waals surface area contributed by atoms with Gasteiger partial charge in [-0.2, -0.15) is 0 Å². The lowest BCUT2D eigenvalue weighted by atomic mass is 10.2. The van der Waals surface area contributed by atoms with E-state index in [-0.39, 0.29) is 6.10 Å². The molecule has 2 unspecified atom stereocenters. The normalized spacial score (nSPS) is 26.4. The number of aliphatic hydroxyl groups excluding tert-OH is 1. The summed E-state index contributed by atoms with van der Waals surface area (Å²) in [5.74, 6) is 0. The SMILES string of the molecule is CCC1CN(CC(O)COC)CCO1. The molecule has 84 valence electrons. The molecule has 0 aliphatic carbocycles. The van der Waals surface area contributed by atoms with Gasteiger partial charge in [0.05, 0.1) is 25.4 Å². The van der Waals surface area contributed by atoms with E-state index in [0.717, 1.165) is 26.1 Å². The topological polar surface area (TPSA) is 41.9 Å². The Morgan fingerprint density at radius 3 is 3.07 bits per heavy atom. The maximum atomic E-state index is 9.55. The highest BCUT2D eigenvalue weighted by molar-refractivity contribution is 4.72. The summed E-state index contributed by atoms with van der Waals surface area (Å²) in [6.45, 7) is 5.84. The highest BCUT2D eigenvalue weighted by Gasteiger charge is 2.20. The number of hydrogen-bond acceptors (Lipinski definition) is 4. The molecule has 1 fully saturated rings. The smallest absolute Gasteiger partial charge is 0.0900 e. The number of hydrogen-bond donors (Lipinski definition) is 1. The van der Waals surface area contributed by atoms with Crippen molar-refractivity contribution in [1.29, 1.82) is 0 Å². The first-order valence-corrected chi connectivity index (χ1v) is 5.27. The van der Waals surface area contributed by atoms with Crippen LogP contribution in [0.15, 0.2) is 0 Å². The van der Waals surface area contributed by atoms with Gasteiger partial charge < -0.3 is 14.6 Å². The number of aliphatic hydroxyl groups is 1. The summed E-state index contributed by atoms with van der Waals surface area (Å²) in [5, 5.41) is 9.55. The zero-order valence-electron chi connectivity index (χ0n) is 9.11. The van der Waals surface area contributed by atoms with Gasteiger partial charge in [-0.05, 0) is 6.42 Å². The summed E-state index contributed by atoms with van der Waals surface area (Å²) in [7, 11) is 1.61. The molecule has 0 radical (unpaired) electrons. The second kappa shape index (κ2) is 6.35. The van der Waals surface area contributed by atoms with Crippen LogP contribution in [0.2, 0.25) is 0 Å². The van der Waals surface area contributed by atoms with E-state index in [1.54, 1.807) is 7.11 Å². The maximum absolute atomic E-state index is 9.55. The van der Waals surface area contributed by atoms with Gasteiger partial charge in [0, 0.05) is 26.7 Å². The lowest BCUT2D eigenvalue weighted by molar-refractivity contribution is -0.0488. The van der Waals surface area contributed by atoms with Crippen molar-refractivity contribution in [1.82, 2.24) is 4.90 Å². The molecular weight excluding hydrogens is 182 g/mol. The van der Waals surface area contributed by atoms with Crippen LogP contribution < -0.4 is 0 Å². The number of rotatable bonds is 5. The number of morpholine rings is 1. The molecule has 0 spiro atoms. The quantitative estimate of drug-likeness (QED) is 0.688. The highest BCUT2D eigenvalue weighted by Crippen LogP contribution is 2.08. The number of methoxy groups -OCH3 is 1. The molecule has 1 saturated heterocycles. The fraction of sp³-hybridized carbons (Fsp3) is 1.00. The van der Waals surface area contributed by atoms with Gasteiger partial charge in [-0.1, -0.05) is 6.92 Å². The Morgan fingerprint density at radius 2 is 2.43 bits per heavy atom. The fourth-order valence-corrected chi connectivity index (χ4v) is 1.74. The third-order valence-corrected chi connectivity index (χ3v) is 2.51. The minimum absolute atomic E-state index is 0.332. The first-order chi connectivity index (χ1) is 6.76. The van der Waals surface area contributed by atoms with E-state index < -0.39 is 0 Å². The Balaban J connectivity index is 2.22. The molecule has 1 N–H and O–H groups in total. The van der Waals surface area contributed by atoms with Crippen molar-refractivity contribution < 1.29 is 14.6 Å². The lowest BCUT2D eigenvalue weighted by Gasteiger charge is -2.33. The Bertz CT molecular complexity index is 154. The number of β-amino-alcohol motifs (C(OH)–C–C–N with tert-alkyl or cyclic N) is 1. The molecule has 0 bridgehead atoms. The first-order valence-electron chi connectivity index (χ1n) is 5.27. The van der Waals surface area contributed by atoms with Gasteiger partial charge in [0.2, 0.25) is 0 Å². The van der Waals surface area contributed by atoms with Crippen LogP contribution in [0.25, 0.3) is 0 Å². The molecule has 0 aromatic heterocycles. The van der Waals surface area contributed by atoms with Crippen molar-refractivity contribution in [3.05, 3.63) is 0 Å². The Kier molecular flexibility index (Phi) is 5.40. The molecule has 0 aromatic rings. The average molecular weight is 203 g/mol. The molecule has 0 saturated carbocycles. The van der Waals surface area contributed by atoms with E-state index in [0.29, 0.717) is 19.3 Å². The molecule has 1 heterocycles. The molecule has 1 rings (SSSR count). The van der Waals surface area contributed by atoms with Gasteiger partial charge in [-0.25, -0.2) is 0 Å². The predicted molar refractivity (Wildman–Crippen MR) is 54.4 cm³/mol. The Morgan fingerprint density at radius 1 is 1.64 bits per heavy atom. The van der Waals surface area contributed by atoms with Crippen LogP contribution >= 0.6 is 0 Å². The van der Waals surface area contributed by atoms with Gasteiger partial charge in [0.1, 0.15) is 0 Å². The van der Waals surface area contributed by atoms with E-state index in [1.165, 1.54) is 0 Å². The van der Waals surface area contributed by atoms with Crippen LogP contribution in [0.1, 0.15) is 13.3 Å². The molecule has 2 atom stereocenters. The summed E-state index contributed by atoms with van der Waals surface area (Å²) in [6.07, 6.45) is 0.991. The van der Waals surface area contributed by atoms with Crippen LogP contribution in [0.4, 0.5) is 0 Å². The van der Waals surface area contributed by atoms with Crippen molar-refractivity contribution in [2.75, 3.05) is 40.0 Å². The van der Waals surface area contributed by atoms with Crippen LogP contribution in [-0.4, -0.2) is 62.2 Å². The molecule has 0 amide bonds. The Hall–Kier alpha value is -0.160. The molecule has 0 aromatic carbocycles. The van der Waals surface area contributed by atoms with E-state index >= 15 is 0 Å². The third kappa shape index (κ3) is 3.92. The summed E-state index contributed by atoms with van der Waals surface area (Å²) in [6, 6.07) is 0. The van der Waals surface area contributed by atoms with E-state index in [9.17, 15) is 5.11 Å². The standard InChI is InChI=1S/C10H21NO3/c1-3-10-7-11(4-5-14-10)6-9(12)8-13-2/h9-10,12H,3-8H2,1-2H3. The molecule has 1 aliphatic heterocycles. The van der Waals surface area contributed by atoms with Crippen LogP contribution in [0.5, 0.6) is 0 Å². The summed E-state index contributed by atoms with van der Waals surface area (Å²) in [4.78, 5) is 2.24. The van der Waals surface area contributed by atoms with E-state index in [4.69, 9.17) is 9.47 Å². The van der Waals surface area contributed by atoms with Crippen molar-refractivity contribution in [3.63, 3.8) is 0 Å². The minimum atomic E-state index is -0.379. The van der Waals surface area contributed by atoms with Gasteiger partial charge in [0.25, 0.3) is 0 Å². The molecule has 4 nitrogen and oxygen atoms in total. The molecule has 1 aliphatic rings. The van der Waals surface area contributed by atoms with E-state index in [1.807, 2.05) is 0 Å². The van der Waals surface area contributed by atoms with Gasteiger partial charge >= 0.3 is 0 Å². The van der Waals surface area contributed by atoms with Crippen molar-refractivity contribution in [3.8, 4) is 0 Å². The van der Waals surface area contributed by atoms with Crippen molar-refractivity contribution in [2.45, 2.75) is 25.6 Å². The molecule has 14 heavy (non-hydrogen) atoms. The van der Waals surface area contributed by atoms with Crippen molar-refractivity contribution >= 4 is 0 Å². The van der Waals surface area contributed by atoms with Crippen LogP contribution in [-0.2, 0) is 9.47 Å². The second-order valence-electron chi connectivity index (χ2n) is 3.77.